The second-order valence-corrected chi connectivity index (χ2v) is 35.7. The minimum atomic E-state index is -0.938. The molecule has 4 fully saturated rings. The fourth-order valence-corrected chi connectivity index (χ4v) is 19.2. The Labute approximate surface area is 680 Å². The van der Waals surface area contributed by atoms with Gasteiger partial charge < -0.3 is 64.3 Å². The van der Waals surface area contributed by atoms with Crippen molar-refractivity contribution in [2.75, 3.05) is 0 Å². The van der Waals surface area contributed by atoms with Crippen molar-refractivity contribution >= 4 is 55.4 Å². The van der Waals surface area contributed by atoms with Gasteiger partial charge in [-0.05, 0) is 288 Å². The first-order valence-electron chi connectivity index (χ1n) is 43.0. The van der Waals surface area contributed by atoms with E-state index in [0.29, 0.717) is 53.9 Å². The molecule has 0 spiro atoms. The first-order chi connectivity index (χ1) is 54.0. The Morgan fingerprint density at radius 3 is 1.73 bits per heavy atom. The molecule has 6 aromatic carbocycles. The minimum absolute atomic E-state index is 0.0642. The van der Waals surface area contributed by atoms with E-state index >= 15 is 0 Å². The SMILES string of the molecule is C=C(C)[C@@H]1CC[C@](C)(O)[C@H]2OC3CC(CCC)C(C(=O)O)C(O)C3[C@@H]12.C=C(C)c1ccc(C)c2oc3cc(CCCCC)cc(O)c3c12.CCCCCc1cc(O)c2c(c1)oc1c(C)ccc(C(C)C)c12.CCCc1cc(O)c(C/C=C(\C)CCC=C(C)C)c(O)c1.CCCc1cc(O)c2c(c1)OC1C(C)CCC(C(C)(C)O)C21. The summed E-state index contributed by atoms with van der Waals surface area (Å²) in [5.41, 5.74) is 16.7. The van der Waals surface area contributed by atoms with Crippen molar-refractivity contribution in [2.45, 2.75) is 313 Å². The molecule has 3 saturated carbocycles. The third-order valence-corrected chi connectivity index (χ3v) is 25.2. The average Bonchev–Trinajstić information content (AvgIpc) is 1.57. The molecule has 13 rings (SSSR count). The number of aromatic hydroxyl groups is 5. The summed E-state index contributed by atoms with van der Waals surface area (Å²) in [5.74, 6) is 1.40. The number of aliphatic hydroxyl groups excluding tert-OH is 1. The van der Waals surface area contributed by atoms with Crippen LogP contribution in [0.25, 0.3) is 49.5 Å². The van der Waals surface area contributed by atoms with Gasteiger partial charge in [-0.25, -0.2) is 0 Å². The number of ether oxygens (including phenoxy) is 2. The van der Waals surface area contributed by atoms with Gasteiger partial charge in [-0.3, -0.25) is 4.79 Å². The van der Waals surface area contributed by atoms with Gasteiger partial charge in [0.15, 0.2) is 0 Å². The molecule has 9 N–H and O–H groups in total. The summed E-state index contributed by atoms with van der Waals surface area (Å²) in [7, 11) is 0. The summed E-state index contributed by atoms with van der Waals surface area (Å²) in [6.07, 6.45) is 24.3. The highest BCUT2D eigenvalue weighted by molar-refractivity contribution is 6.14. The van der Waals surface area contributed by atoms with Crippen LogP contribution in [0.3, 0.4) is 0 Å². The zero-order valence-electron chi connectivity index (χ0n) is 72.1. The first-order valence-corrected chi connectivity index (χ1v) is 43.0. The lowest BCUT2D eigenvalue weighted by atomic mass is 9.58. The molecule has 8 aromatic rings. The molecule has 1 saturated heterocycles. The smallest absolute Gasteiger partial charge is 0.309 e. The van der Waals surface area contributed by atoms with Crippen molar-refractivity contribution in [2.24, 2.45) is 41.4 Å². The third kappa shape index (κ3) is 20.7. The Balaban J connectivity index is 0.000000163. The first kappa shape index (κ1) is 89.9. The van der Waals surface area contributed by atoms with Crippen LogP contribution in [0, 0.1) is 55.3 Å². The van der Waals surface area contributed by atoms with E-state index in [9.17, 15) is 50.8 Å². The Morgan fingerprint density at radius 1 is 0.658 bits per heavy atom. The Morgan fingerprint density at radius 2 is 1.20 bits per heavy atom. The second kappa shape index (κ2) is 39.3. The number of benzene rings is 6. The topological polar surface area (TPSA) is 244 Å². The maximum atomic E-state index is 11.9. The predicted molar refractivity (Wildman–Crippen MR) is 467 cm³/mol. The van der Waals surface area contributed by atoms with Gasteiger partial charge in [0, 0.05) is 39.7 Å². The molecule has 14 heteroatoms. The summed E-state index contributed by atoms with van der Waals surface area (Å²) in [4.78, 5) is 11.9. The van der Waals surface area contributed by atoms with Crippen LogP contribution in [0.5, 0.6) is 34.5 Å². The van der Waals surface area contributed by atoms with Crippen molar-refractivity contribution in [1.82, 2.24) is 0 Å². The quantitative estimate of drug-likeness (QED) is 0.0202. The highest BCUT2D eigenvalue weighted by atomic mass is 16.5. The van der Waals surface area contributed by atoms with Crippen LogP contribution in [-0.4, -0.2) is 87.5 Å². The number of furan rings is 2. The lowest BCUT2D eigenvalue weighted by Gasteiger charge is -2.46. The second-order valence-electron chi connectivity index (χ2n) is 35.7. The van der Waals surface area contributed by atoms with E-state index in [-0.39, 0.29) is 65.3 Å². The number of aryl methyl sites for hydroxylation is 6. The zero-order chi connectivity index (χ0) is 83.5. The fourth-order valence-electron chi connectivity index (χ4n) is 19.2. The number of fused-ring (bicyclic) bond motifs is 12. The van der Waals surface area contributed by atoms with Crippen molar-refractivity contribution in [3.05, 3.63) is 170 Å². The number of phenols is 5. The number of unbranched alkanes of at least 4 members (excludes halogenated alkanes) is 4. The van der Waals surface area contributed by atoms with Crippen LogP contribution < -0.4 is 4.74 Å². The molecule has 2 aromatic heterocycles. The molecule has 114 heavy (non-hydrogen) atoms. The number of aliphatic carboxylic acids is 1. The lowest BCUT2D eigenvalue weighted by Crippen LogP contribution is -2.54. The van der Waals surface area contributed by atoms with Gasteiger partial charge in [0.25, 0.3) is 0 Å². The Kier molecular flexibility index (Phi) is 31.0. The van der Waals surface area contributed by atoms with Gasteiger partial charge >= 0.3 is 5.97 Å². The maximum absolute atomic E-state index is 11.9. The molecule has 4 heterocycles. The van der Waals surface area contributed by atoms with Gasteiger partial charge in [0.05, 0.1) is 46.2 Å². The fraction of sp³-hybridized carbons (Fsp3) is 0.550. The number of aliphatic hydroxyl groups is 3. The van der Waals surface area contributed by atoms with Crippen LogP contribution in [0.4, 0.5) is 0 Å². The van der Waals surface area contributed by atoms with Crippen molar-refractivity contribution in [3.8, 4) is 34.5 Å². The number of carboxylic acids is 1. The van der Waals surface area contributed by atoms with Crippen molar-refractivity contribution in [3.63, 3.8) is 0 Å². The summed E-state index contributed by atoms with van der Waals surface area (Å²) in [5, 5.41) is 97.9. The number of carboxylic acid groups (broad SMARTS) is 1. The predicted octanol–water partition coefficient (Wildman–Crippen LogP) is 24.7. The summed E-state index contributed by atoms with van der Waals surface area (Å²) >= 11 is 0. The van der Waals surface area contributed by atoms with E-state index in [4.69, 9.17) is 18.3 Å². The van der Waals surface area contributed by atoms with Gasteiger partial charge in [-0.15, -0.1) is 0 Å². The van der Waals surface area contributed by atoms with Crippen LogP contribution >= 0.6 is 0 Å². The van der Waals surface area contributed by atoms with E-state index in [1.807, 2.05) is 65.8 Å². The largest absolute Gasteiger partial charge is 0.508 e. The average molecular weight is 1560 g/mol. The molecule has 9 unspecified atom stereocenters. The van der Waals surface area contributed by atoms with Crippen LogP contribution in [0.15, 0.2) is 124 Å². The number of phenolic OH excluding ortho intramolecular Hbond substituents is 5. The normalized spacial score (nSPS) is 23.5. The number of rotatable bonds is 24. The summed E-state index contributed by atoms with van der Waals surface area (Å²) in [6, 6.07) is 23.9. The van der Waals surface area contributed by atoms with E-state index in [1.54, 1.807) is 19.1 Å². The molecule has 0 amide bonds. The molecule has 0 radical (unpaired) electrons. The van der Waals surface area contributed by atoms with Crippen LogP contribution in [0.1, 0.15) is 287 Å². The van der Waals surface area contributed by atoms with Crippen LogP contribution in [0.2, 0.25) is 0 Å². The maximum Gasteiger partial charge on any atom is 0.309 e. The van der Waals surface area contributed by atoms with Gasteiger partial charge in [0.2, 0.25) is 0 Å². The molecular formula is C100H138O14. The van der Waals surface area contributed by atoms with E-state index in [2.05, 4.69) is 138 Å². The van der Waals surface area contributed by atoms with Crippen molar-refractivity contribution < 1.29 is 69.1 Å². The molecular weight excluding hydrogens is 1430 g/mol. The molecule has 2 aliphatic heterocycles. The molecule has 5 aliphatic rings. The molecule has 3 aliphatic carbocycles. The Hall–Kier alpha value is -8.01. The van der Waals surface area contributed by atoms with Gasteiger partial charge in [0.1, 0.15) is 62.9 Å². The standard InChI is InChI=1S/C21H26O2.C21H24O2.C20H32O5.C19H28O3.C19H28O2/c2*1-5-6-7-8-15-11-17(22)20-18(12-15)23-21-14(4)9-10-16(13(2)3)19(20)21;1-5-6-11-9-13-16(17(21)14(11)19(22)23)15-12(10(2)3)7-8-20(4,24)18(15)25-13;1-5-6-12-9-14(20)17-15(10-12)22-18-11(2)7-8-13(16(17)18)19(3,4)21;1-5-7-16-12-18(20)17(19(21)13-16)11-10-15(4)9-6-8-14(2)3/h9-13,22H,5-8H2,1-4H3;9-12,22H,2,5-8H2,1,3-4H3;11-18,21,24H,2,5-9H2,1,3-4H3,(H,22,23);9-11,13,16,18,20-21H,5-8H2,1-4H3;8,10,12-13,20-21H,5-7,9,11H2,1-4H3/b;;;;15-10+/t;;11?,12-,13?,14?,15+,16?,17?,18-,20-;;/m..0../s1. The van der Waals surface area contributed by atoms with Gasteiger partial charge in [-0.2, -0.15) is 0 Å². The van der Waals surface area contributed by atoms with Crippen molar-refractivity contribution in [1.29, 1.82) is 0 Å². The number of carbonyl (C=O) groups is 1. The Bertz CT molecular complexity index is 4670. The third-order valence-electron chi connectivity index (χ3n) is 25.2. The molecule has 14 nitrogen and oxygen atoms in total. The highest BCUT2D eigenvalue weighted by Crippen LogP contribution is 2.58. The van der Waals surface area contributed by atoms with E-state index in [1.165, 1.54) is 42.4 Å². The number of hydrogen-bond donors (Lipinski definition) is 9. The zero-order valence-corrected chi connectivity index (χ0v) is 72.1. The summed E-state index contributed by atoms with van der Waals surface area (Å²) in [6.45, 7) is 45.3. The van der Waals surface area contributed by atoms with Gasteiger partial charge in [-0.1, -0.05) is 172 Å². The molecule has 0 bridgehead atoms. The monoisotopic (exact) mass is 1560 g/mol. The highest BCUT2D eigenvalue weighted by Gasteiger charge is 2.63. The number of hydrogen-bond acceptors (Lipinski definition) is 13. The molecule has 13 atom stereocenters. The molecule has 622 valence electrons. The minimum Gasteiger partial charge on any atom is -0.508 e. The van der Waals surface area contributed by atoms with E-state index < -0.39 is 29.2 Å². The van der Waals surface area contributed by atoms with E-state index in [0.717, 1.165) is 202 Å². The van der Waals surface area contributed by atoms with Crippen LogP contribution in [-0.2, 0) is 41.6 Å². The summed E-state index contributed by atoms with van der Waals surface area (Å²) < 4.78 is 24.8. The number of allylic oxidation sites excluding steroid dienone is 6. The lowest BCUT2D eigenvalue weighted by molar-refractivity contribution is -0.159.